The fourth-order valence-corrected chi connectivity index (χ4v) is 12.5. The van der Waals surface area contributed by atoms with Gasteiger partial charge in [-0.15, -0.1) is 0 Å². The summed E-state index contributed by atoms with van der Waals surface area (Å²) in [6.45, 7) is 7.22. The van der Waals surface area contributed by atoms with Crippen LogP contribution in [0.5, 0.6) is 0 Å². The summed E-state index contributed by atoms with van der Waals surface area (Å²) in [5.41, 5.74) is -0.338. The van der Waals surface area contributed by atoms with Crippen LogP contribution in [0.1, 0.15) is 44.4 Å². The van der Waals surface area contributed by atoms with E-state index in [4.69, 9.17) is 13.8 Å². The summed E-state index contributed by atoms with van der Waals surface area (Å²) < 4.78 is 23.9. The second kappa shape index (κ2) is 11.5. The van der Waals surface area contributed by atoms with Gasteiger partial charge in [0.15, 0.2) is 0 Å². The lowest BCUT2D eigenvalue weighted by atomic mass is 10.1. The fourth-order valence-electron chi connectivity index (χ4n) is 6.54. The molecule has 1 N–H and O–H groups in total. The molecule has 3 aromatic rings. The highest BCUT2D eigenvalue weighted by Gasteiger charge is 2.51. The smallest absolute Gasteiger partial charge is 0.330 e. The Balaban J connectivity index is 1.22. The molecule has 10 heteroatoms. The number of nitrogens with one attached hydrogen (secondary N) is 1. The lowest BCUT2D eigenvalue weighted by Crippen LogP contribution is -2.58. The molecule has 212 valence electrons. The van der Waals surface area contributed by atoms with Crippen molar-refractivity contribution in [2.75, 3.05) is 6.54 Å². The van der Waals surface area contributed by atoms with Crippen molar-refractivity contribution in [3.05, 3.63) is 93.3 Å². The van der Waals surface area contributed by atoms with Crippen LogP contribution in [0.25, 0.3) is 0 Å². The number of benzene rings is 2. The first-order valence-electron chi connectivity index (χ1n) is 14.4. The van der Waals surface area contributed by atoms with Crippen molar-refractivity contribution in [3.63, 3.8) is 0 Å². The molecule has 1 aromatic heterocycles. The number of aromatic nitrogens is 2. The molecule has 0 bridgehead atoms. The van der Waals surface area contributed by atoms with Crippen LogP contribution in [0.4, 0.5) is 0 Å². The van der Waals surface area contributed by atoms with Gasteiger partial charge in [0.05, 0.1) is 18.3 Å². The van der Waals surface area contributed by atoms with E-state index in [2.05, 4.69) is 83.8 Å². The molecule has 0 spiro atoms. The molecule has 0 aliphatic carbocycles. The third-order valence-electron chi connectivity index (χ3n) is 8.83. The lowest BCUT2D eigenvalue weighted by molar-refractivity contribution is -0.0189. The summed E-state index contributed by atoms with van der Waals surface area (Å²) in [7, 11) is -3.32. The average Bonchev–Trinajstić information content (AvgIpc) is 3.69. The van der Waals surface area contributed by atoms with Gasteiger partial charge in [-0.25, -0.2) is 9.46 Å². The number of aromatic amines is 1. The molecule has 4 heterocycles. The summed E-state index contributed by atoms with van der Waals surface area (Å²) in [6, 6.07) is 23.2. The molecular weight excluding hydrogens is 541 g/mol. The Labute approximate surface area is 237 Å². The van der Waals surface area contributed by atoms with E-state index < -0.39 is 28.5 Å². The molecule has 3 aliphatic rings. The Kier molecular flexibility index (Phi) is 7.96. The van der Waals surface area contributed by atoms with Crippen LogP contribution in [0.15, 0.2) is 76.4 Å². The first-order chi connectivity index (χ1) is 19.4. The molecule has 0 saturated carbocycles. The van der Waals surface area contributed by atoms with E-state index >= 15 is 0 Å². The van der Waals surface area contributed by atoms with E-state index in [1.807, 2.05) is 0 Å². The third-order valence-corrected chi connectivity index (χ3v) is 15.1. The molecule has 3 saturated heterocycles. The Hall–Kier alpha value is -2.39. The normalized spacial score (nSPS) is 28.7. The second-order valence-corrected chi connectivity index (χ2v) is 17.1. The van der Waals surface area contributed by atoms with Gasteiger partial charge in [-0.05, 0) is 32.2 Å². The lowest BCUT2D eigenvalue weighted by Gasteiger charge is -2.32. The van der Waals surface area contributed by atoms with Crippen molar-refractivity contribution >= 4 is 27.0 Å². The maximum absolute atomic E-state index is 12.5. The van der Waals surface area contributed by atoms with Crippen LogP contribution in [-0.2, 0) is 13.8 Å². The van der Waals surface area contributed by atoms with Gasteiger partial charge in [0.1, 0.15) is 14.3 Å². The number of hydrogen-bond donors (Lipinski definition) is 1. The largest absolute Gasteiger partial charge is 0.352 e. The summed E-state index contributed by atoms with van der Waals surface area (Å²) in [4.78, 5) is 26.8. The number of hydrogen-bond acceptors (Lipinski definition) is 6. The van der Waals surface area contributed by atoms with E-state index in [0.29, 0.717) is 18.0 Å². The van der Waals surface area contributed by atoms with Gasteiger partial charge in [0.2, 0.25) is 0 Å². The number of fused-ring (bicyclic) bond motifs is 1. The number of aryl methyl sites for hydroxylation is 1. The fraction of sp³-hybridized carbons (Fsp3) is 0.467. The minimum absolute atomic E-state index is 0.105. The zero-order valence-corrected chi connectivity index (χ0v) is 25.3. The summed E-state index contributed by atoms with van der Waals surface area (Å²) in [5, 5.41) is 2.84. The van der Waals surface area contributed by atoms with Crippen LogP contribution in [0.3, 0.4) is 0 Å². The molecule has 6 atom stereocenters. The SMILES string of the molecule is CC[C@H]1O[C@@H](n2cc(C)c(=O)[nH]c2=O)C[C@H]1O[P@@]1O[C@H](C[Si](C)(c2ccccc2)c2ccccc2)[C@@H]2CCCN21. The molecule has 0 radical (unpaired) electrons. The van der Waals surface area contributed by atoms with Crippen LogP contribution < -0.4 is 21.6 Å². The number of ether oxygens (including phenoxy) is 1. The monoisotopic (exact) mass is 579 g/mol. The molecule has 3 aliphatic heterocycles. The molecule has 40 heavy (non-hydrogen) atoms. The predicted octanol–water partition coefficient (Wildman–Crippen LogP) is 3.91. The molecule has 8 nitrogen and oxygen atoms in total. The van der Waals surface area contributed by atoms with Gasteiger partial charge in [0.25, 0.3) is 14.1 Å². The molecule has 0 amide bonds. The topological polar surface area (TPSA) is 85.8 Å². The van der Waals surface area contributed by atoms with E-state index in [9.17, 15) is 9.59 Å². The van der Waals surface area contributed by atoms with Crippen molar-refractivity contribution in [1.82, 2.24) is 14.2 Å². The Morgan fingerprint density at radius 2 is 1.73 bits per heavy atom. The van der Waals surface area contributed by atoms with Gasteiger partial charge >= 0.3 is 5.69 Å². The Morgan fingerprint density at radius 3 is 2.38 bits per heavy atom. The maximum Gasteiger partial charge on any atom is 0.330 e. The second-order valence-electron chi connectivity index (χ2n) is 11.4. The summed E-state index contributed by atoms with van der Waals surface area (Å²) in [6.07, 6.45) is 4.44. The van der Waals surface area contributed by atoms with Gasteiger partial charge in [0, 0.05) is 30.8 Å². The van der Waals surface area contributed by atoms with Crippen LogP contribution in [-0.4, -0.2) is 53.2 Å². The Bertz CT molecular complexity index is 1400. The highest BCUT2D eigenvalue weighted by molar-refractivity contribution is 7.45. The van der Waals surface area contributed by atoms with Crippen LogP contribution in [0, 0.1) is 6.92 Å². The molecule has 2 aromatic carbocycles. The molecule has 6 rings (SSSR count). The zero-order chi connectivity index (χ0) is 27.9. The quantitative estimate of drug-likeness (QED) is 0.322. The minimum atomic E-state index is -2.08. The highest BCUT2D eigenvalue weighted by Crippen LogP contribution is 2.58. The van der Waals surface area contributed by atoms with Gasteiger partial charge < -0.3 is 13.8 Å². The molecule has 0 unspecified atom stereocenters. The van der Waals surface area contributed by atoms with Crippen LogP contribution >= 0.6 is 8.53 Å². The van der Waals surface area contributed by atoms with Crippen molar-refractivity contribution in [3.8, 4) is 0 Å². The first-order valence-corrected chi connectivity index (χ1v) is 18.2. The van der Waals surface area contributed by atoms with Gasteiger partial charge in [-0.3, -0.25) is 14.3 Å². The molecule has 3 fully saturated rings. The van der Waals surface area contributed by atoms with Crippen molar-refractivity contribution < 1.29 is 13.8 Å². The van der Waals surface area contributed by atoms with E-state index in [0.717, 1.165) is 31.9 Å². The van der Waals surface area contributed by atoms with E-state index in [1.54, 1.807) is 13.1 Å². The average molecular weight is 580 g/mol. The number of rotatable bonds is 8. The van der Waals surface area contributed by atoms with E-state index in [1.165, 1.54) is 14.9 Å². The van der Waals surface area contributed by atoms with Crippen molar-refractivity contribution in [2.45, 2.75) is 82.7 Å². The van der Waals surface area contributed by atoms with Crippen molar-refractivity contribution in [2.24, 2.45) is 0 Å². The minimum Gasteiger partial charge on any atom is -0.352 e. The van der Waals surface area contributed by atoms with Gasteiger partial charge in [-0.2, -0.15) is 0 Å². The maximum atomic E-state index is 12.5. The number of nitrogens with zero attached hydrogens (tertiary/aromatic N) is 2. The van der Waals surface area contributed by atoms with Crippen molar-refractivity contribution in [1.29, 1.82) is 0 Å². The first kappa shape index (κ1) is 27.8. The standard InChI is InChI=1S/C30H38N3O5PSi/c1-4-25-26(18-28(36-25)32-19-21(2)29(34)31-30(32)35)37-39-33-17-11-16-24(33)27(38-39)20-40(3,22-12-7-5-8-13-22)23-14-9-6-10-15-23/h5-10,12-15,19,24-28H,4,11,16-18,20H2,1-3H3,(H,31,34,35)/t24-,25+,26+,27+,28+,39-/m0/s1. The Morgan fingerprint density at radius 1 is 1.05 bits per heavy atom. The summed E-state index contributed by atoms with van der Waals surface area (Å²) in [5.74, 6) is 0. The predicted molar refractivity (Wildman–Crippen MR) is 160 cm³/mol. The number of H-pyrrole nitrogens is 1. The third kappa shape index (κ3) is 5.19. The highest BCUT2D eigenvalue weighted by atomic mass is 31.2. The molecular formula is C30H38N3O5PSi. The summed E-state index contributed by atoms with van der Waals surface area (Å²) >= 11 is 0. The van der Waals surface area contributed by atoms with E-state index in [-0.39, 0.29) is 23.9 Å². The van der Waals surface area contributed by atoms with Crippen LogP contribution in [0.2, 0.25) is 12.6 Å². The van der Waals surface area contributed by atoms with Gasteiger partial charge in [-0.1, -0.05) is 84.5 Å². The zero-order valence-electron chi connectivity index (χ0n) is 23.4.